The molecule has 2 aromatic rings. The second-order valence-corrected chi connectivity index (χ2v) is 6.81. The number of hydrogen-bond donors (Lipinski definition) is 2. The van der Waals surface area contributed by atoms with E-state index in [9.17, 15) is 9.18 Å². The number of fused-ring (bicyclic) bond motifs is 1. The molecule has 0 bridgehead atoms. The van der Waals surface area contributed by atoms with Gasteiger partial charge in [0.1, 0.15) is 5.82 Å². The lowest BCUT2D eigenvalue weighted by molar-refractivity contribution is -0.120. The molecule has 1 aromatic heterocycles. The summed E-state index contributed by atoms with van der Waals surface area (Å²) in [5.41, 5.74) is 8.10. The predicted octanol–water partition coefficient (Wildman–Crippen LogP) is 2.52. The summed E-state index contributed by atoms with van der Waals surface area (Å²) in [4.78, 5) is 11.7. The molecule has 1 aliphatic rings. The molecule has 1 atom stereocenters. The number of nitrogens with two attached hydrogens (primary N) is 1. The number of nitrogens with zero attached hydrogens (tertiary/aromatic N) is 2. The van der Waals surface area contributed by atoms with E-state index in [-0.39, 0.29) is 42.1 Å². The molecule has 0 saturated carbocycles. The predicted molar refractivity (Wildman–Crippen MR) is 92.8 cm³/mol. The highest BCUT2D eigenvalue weighted by Crippen LogP contribution is 2.41. The minimum Gasteiger partial charge on any atom is -0.348 e. The van der Waals surface area contributed by atoms with Gasteiger partial charge in [-0.1, -0.05) is 19.9 Å². The van der Waals surface area contributed by atoms with Crippen molar-refractivity contribution in [3.63, 3.8) is 0 Å². The fourth-order valence-corrected chi connectivity index (χ4v) is 3.25. The molecule has 3 N–H and O–H groups in total. The highest BCUT2D eigenvalue weighted by atomic mass is 35.5. The van der Waals surface area contributed by atoms with Crippen LogP contribution >= 0.6 is 12.4 Å². The van der Waals surface area contributed by atoms with Crippen molar-refractivity contribution in [1.82, 2.24) is 15.1 Å². The molecular weight excluding hydrogens is 331 g/mol. The molecule has 5 nitrogen and oxygen atoms in total. The van der Waals surface area contributed by atoms with E-state index < -0.39 is 0 Å². The third-order valence-electron chi connectivity index (χ3n) is 4.25. The Kier molecular flexibility index (Phi) is 5.30. The van der Waals surface area contributed by atoms with Gasteiger partial charge >= 0.3 is 0 Å². The molecular formula is C17H22ClFN4O. The van der Waals surface area contributed by atoms with Gasteiger partial charge in [-0.3, -0.25) is 4.79 Å². The number of benzene rings is 1. The zero-order valence-corrected chi connectivity index (χ0v) is 14.6. The standard InChI is InChI=1S/C17H21FN4O.ClH/c1-17(2)7-14(21-16(23)9-19)13-10-20-22(15(13)8-17)12-5-3-4-11(18)6-12;/h3-6,10,14H,7-9,19H2,1-2H3,(H,21,23);1H. The lowest BCUT2D eigenvalue weighted by atomic mass is 9.74. The molecule has 7 heteroatoms. The van der Waals surface area contributed by atoms with Crippen LogP contribution in [-0.2, 0) is 11.2 Å². The van der Waals surface area contributed by atoms with Crippen molar-refractivity contribution >= 4 is 18.3 Å². The number of halogens is 2. The van der Waals surface area contributed by atoms with Gasteiger partial charge in [0.15, 0.2) is 0 Å². The van der Waals surface area contributed by atoms with Crippen LogP contribution in [0.5, 0.6) is 0 Å². The highest BCUT2D eigenvalue weighted by molar-refractivity contribution is 5.85. The van der Waals surface area contributed by atoms with Crippen LogP contribution in [0.25, 0.3) is 5.69 Å². The molecule has 0 aliphatic heterocycles. The van der Waals surface area contributed by atoms with Crippen LogP contribution in [0.4, 0.5) is 4.39 Å². The van der Waals surface area contributed by atoms with Crippen molar-refractivity contribution in [3.05, 3.63) is 47.5 Å². The van der Waals surface area contributed by atoms with E-state index in [0.29, 0.717) is 5.69 Å². The molecule has 1 aliphatic carbocycles. The van der Waals surface area contributed by atoms with Crippen LogP contribution < -0.4 is 11.1 Å². The average Bonchev–Trinajstić information content (AvgIpc) is 2.89. The lowest BCUT2D eigenvalue weighted by Crippen LogP contribution is -2.39. The maximum Gasteiger partial charge on any atom is 0.234 e. The van der Waals surface area contributed by atoms with Gasteiger partial charge < -0.3 is 11.1 Å². The molecule has 3 rings (SSSR count). The number of amides is 1. The van der Waals surface area contributed by atoms with Crippen molar-refractivity contribution in [1.29, 1.82) is 0 Å². The van der Waals surface area contributed by atoms with E-state index in [1.165, 1.54) is 12.1 Å². The quantitative estimate of drug-likeness (QED) is 0.891. The summed E-state index contributed by atoms with van der Waals surface area (Å²) in [5, 5.41) is 7.39. The van der Waals surface area contributed by atoms with Crippen LogP contribution in [0, 0.1) is 11.2 Å². The summed E-state index contributed by atoms with van der Waals surface area (Å²) in [5.74, 6) is -0.480. The molecule has 1 amide bonds. The molecule has 0 radical (unpaired) electrons. The Bertz CT molecular complexity index is 744. The van der Waals surface area contributed by atoms with Crippen molar-refractivity contribution in [2.24, 2.45) is 11.1 Å². The molecule has 1 aromatic carbocycles. The summed E-state index contributed by atoms with van der Waals surface area (Å²) in [6, 6.07) is 6.24. The minimum absolute atomic E-state index is 0. The monoisotopic (exact) mass is 352 g/mol. The summed E-state index contributed by atoms with van der Waals surface area (Å²) in [6.07, 6.45) is 3.39. The van der Waals surface area contributed by atoms with E-state index in [1.807, 2.05) is 6.07 Å². The van der Waals surface area contributed by atoms with Crippen molar-refractivity contribution in [3.8, 4) is 5.69 Å². The van der Waals surface area contributed by atoms with Crippen LogP contribution in [0.15, 0.2) is 30.5 Å². The van der Waals surface area contributed by atoms with Gasteiger partial charge in [0.2, 0.25) is 5.91 Å². The number of aromatic nitrogens is 2. The average molecular weight is 353 g/mol. The second-order valence-electron chi connectivity index (χ2n) is 6.81. The first kappa shape index (κ1) is 18.4. The Labute approximate surface area is 146 Å². The maximum atomic E-state index is 13.5. The molecule has 0 spiro atoms. The van der Waals surface area contributed by atoms with Crippen molar-refractivity contribution in [2.45, 2.75) is 32.7 Å². The zero-order chi connectivity index (χ0) is 16.6. The first-order valence-corrected chi connectivity index (χ1v) is 7.72. The SMILES string of the molecule is CC1(C)Cc2c(cnn2-c2cccc(F)c2)C(NC(=O)CN)C1.Cl. The van der Waals surface area contributed by atoms with Crippen LogP contribution in [0.2, 0.25) is 0 Å². The molecule has 0 fully saturated rings. The van der Waals surface area contributed by atoms with Gasteiger partial charge in [0.25, 0.3) is 0 Å². The molecule has 24 heavy (non-hydrogen) atoms. The fourth-order valence-electron chi connectivity index (χ4n) is 3.25. The van der Waals surface area contributed by atoms with E-state index in [4.69, 9.17) is 5.73 Å². The summed E-state index contributed by atoms with van der Waals surface area (Å²) >= 11 is 0. The number of carbonyl (C=O) groups excluding carboxylic acids is 1. The number of hydrogen-bond acceptors (Lipinski definition) is 3. The molecule has 1 unspecified atom stereocenters. The van der Waals surface area contributed by atoms with Gasteiger partial charge in [-0.2, -0.15) is 5.10 Å². The van der Waals surface area contributed by atoms with E-state index >= 15 is 0 Å². The van der Waals surface area contributed by atoms with Crippen LogP contribution in [0.1, 0.15) is 37.6 Å². The summed E-state index contributed by atoms with van der Waals surface area (Å²) in [7, 11) is 0. The Hall–Kier alpha value is -1.92. The van der Waals surface area contributed by atoms with Gasteiger partial charge in [-0.05, 0) is 36.5 Å². The van der Waals surface area contributed by atoms with E-state index in [0.717, 1.165) is 24.1 Å². The Morgan fingerprint density at radius 3 is 2.92 bits per heavy atom. The van der Waals surface area contributed by atoms with Gasteiger partial charge in [0, 0.05) is 5.56 Å². The minimum atomic E-state index is -0.296. The zero-order valence-electron chi connectivity index (χ0n) is 13.8. The topological polar surface area (TPSA) is 72.9 Å². The molecule has 0 saturated heterocycles. The summed E-state index contributed by atoms with van der Waals surface area (Å²) in [6.45, 7) is 4.27. The fraction of sp³-hybridized carbons (Fsp3) is 0.412. The number of carbonyl (C=O) groups is 1. The first-order valence-electron chi connectivity index (χ1n) is 7.72. The number of nitrogens with one attached hydrogen (secondary N) is 1. The Morgan fingerprint density at radius 1 is 1.50 bits per heavy atom. The number of rotatable bonds is 3. The van der Waals surface area contributed by atoms with Crippen molar-refractivity contribution in [2.75, 3.05) is 6.54 Å². The van der Waals surface area contributed by atoms with Gasteiger partial charge in [0.05, 0.1) is 30.2 Å². The van der Waals surface area contributed by atoms with E-state index in [2.05, 4.69) is 24.3 Å². The largest absolute Gasteiger partial charge is 0.348 e. The first-order chi connectivity index (χ1) is 10.9. The lowest BCUT2D eigenvalue weighted by Gasteiger charge is -2.35. The van der Waals surface area contributed by atoms with Crippen molar-refractivity contribution < 1.29 is 9.18 Å². The normalized spacial score (nSPS) is 18.4. The van der Waals surface area contributed by atoms with Gasteiger partial charge in [-0.15, -0.1) is 12.4 Å². The third-order valence-corrected chi connectivity index (χ3v) is 4.25. The van der Waals surface area contributed by atoms with Gasteiger partial charge in [-0.25, -0.2) is 9.07 Å². The third kappa shape index (κ3) is 3.60. The highest BCUT2D eigenvalue weighted by Gasteiger charge is 2.35. The van der Waals surface area contributed by atoms with Crippen LogP contribution in [0.3, 0.4) is 0 Å². The molecule has 130 valence electrons. The smallest absolute Gasteiger partial charge is 0.234 e. The van der Waals surface area contributed by atoms with Crippen LogP contribution in [-0.4, -0.2) is 22.2 Å². The Morgan fingerprint density at radius 2 is 2.25 bits per heavy atom. The summed E-state index contributed by atoms with van der Waals surface area (Å²) < 4.78 is 15.3. The Balaban J connectivity index is 0.00000208. The van der Waals surface area contributed by atoms with E-state index in [1.54, 1.807) is 16.9 Å². The maximum absolute atomic E-state index is 13.5. The second kappa shape index (κ2) is 6.91. The molecule has 1 heterocycles.